The van der Waals surface area contributed by atoms with Gasteiger partial charge in [0.25, 0.3) is 0 Å². The van der Waals surface area contributed by atoms with Gasteiger partial charge in [-0.25, -0.2) is 0 Å². The molecule has 0 spiro atoms. The number of nitrogens with zero attached hydrogens (tertiary/aromatic N) is 1. The molecule has 0 radical (unpaired) electrons. The Bertz CT molecular complexity index is 417. The molecule has 1 nitrogen and oxygen atoms in total. The van der Waals surface area contributed by atoms with Gasteiger partial charge in [0.05, 0.1) is 4.88 Å². The van der Waals surface area contributed by atoms with Gasteiger partial charge in [-0.15, -0.1) is 0 Å². The Balaban J connectivity index is 2.23. The Kier molecular flexibility index (Phi) is 2.64. The molecular formula is C12H14NS+. The lowest BCUT2D eigenvalue weighted by Crippen LogP contribution is -2.34. The molecule has 2 heteroatoms. The highest BCUT2D eigenvalue weighted by Crippen LogP contribution is 2.09. The summed E-state index contributed by atoms with van der Waals surface area (Å²) in [5.41, 5.74) is 4.93. The van der Waals surface area contributed by atoms with Crippen LogP contribution in [0.5, 0.6) is 0 Å². The van der Waals surface area contributed by atoms with Gasteiger partial charge in [0.15, 0.2) is 12.2 Å². The van der Waals surface area contributed by atoms with Crippen molar-refractivity contribution in [1.82, 2.24) is 0 Å². The minimum absolute atomic E-state index is 0.983. The van der Waals surface area contributed by atoms with E-state index in [1.54, 1.807) is 0 Å². The second-order valence-corrected chi connectivity index (χ2v) is 4.54. The quantitative estimate of drug-likeness (QED) is 0.662. The van der Waals surface area contributed by atoms with Crippen molar-refractivity contribution in [3.63, 3.8) is 0 Å². The van der Waals surface area contributed by atoms with Crippen LogP contribution in [0.3, 0.4) is 0 Å². The second kappa shape index (κ2) is 3.93. The molecule has 0 bridgehead atoms. The molecule has 0 fully saturated rings. The molecule has 14 heavy (non-hydrogen) atoms. The van der Waals surface area contributed by atoms with Gasteiger partial charge in [-0.2, -0.15) is 4.57 Å². The van der Waals surface area contributed by atoms with Crippen molar-refractivity contribution in [3.8, 4) is 0 Å². The zero-order valence-corrected chi connectivity index (χ0v) is 9.34. The van der Waals surface area contributed by atoms with E-state index < -0.39 is 0 Å². The lowest BCUT2D eigenvalue weighted by Gasteiger charge is -1.95. The van der Waals surface area contributed by atoms with Gasteiger partial charge in [-0.1, -0.05) is 41.7 Å². The minimum atomic E-state index is 0.983. The van der Waals surface area contributed by atoms with Crippen LogP contribution in [0.15, 0.2) is 35.8 Å². The summed E-state index contributed by atoms with van der Waals surface area (Å²) in [7, 11) is 0. The van der Waals surface area contributed by atoms with Crippen LogP contribution in [-0.4, -0.2) is 0 Å². The number of rotatable bonds is 2. The third kappa shape index (κ3) is 1.85. The van der Waals surface area contributed by atoms with Crippen LogP contribution in [0.2, 0.25) is 0 Å². The molecule has 72 valence electrons. The predicted octanol–water partition coefficient (Wildman–Crippen LogP) is 2.70. The normalized spacial score (nSPS) is 10.4. The van der Waals surface area contributed by atoms with E-state index in [4.69, 9.17) is 0 Å². The molecule has 1 heterocycles. The fourth-order valence-corrected chi connectivity index (χ4v) is 2.25. The van der Waals surface area contributed by atoms with E-state index in [2.05, 4.69) is 54.3 Å². The van der Waals surface area contributed by atoms with E-state index in [1.165, 1.54) is 16.1 Å². The summed E-state index contributed by atoms with van der Waals surface area (Å²) in [5, 5.41) is 0. The first-order valence-corrected chi connectivity index (χ1v) is 5.63. The molecule has 0 unspecified atom stereocenters. The third-order valence-electron chi connectivity index (χ3n) is 2.49. The molecule has 0 saturated carbocycles. The van der Waals surface area contributed by atoms with Gasteiger partial charge in [0, 0.05) is 12.5 Å². The number of aryl methyl sites for hydroxylation is 1. The zero-order valence-electron chi connectivity index (χ0n) is 8.53. The SMILES string of the molecule is Cc1sc[n+](Cc2ccccc2)c1C. The van der Waals surface area contributed by atoms with Crippen molar-refractivity contribution >= 4 is 11.3 Å². The first-order chi connectivity index (χ1) is 6.77. The van der Waals surface area contributed by atoms with Gasteiger partial charge >= 0.3 is 0 Å². The van der Waals surface area contributed by atoms with Crippen molar-refractivity contribution in [2.75, 3.05) is 0 Å². The van der Waals surface area contributed by atoms with Crippen molar-refractivity contribution in [3.05, 3.63) is 52.0 Å². The average Bonchev–Trinajstić information content (AvgIpc) is 2.52. The molecule has 0 amide bonds. The Labute approximate surface area is 88.7 Å². The highest BCUT2D eigenvalue weighted by atomic mass is 32.1. The summed E-state index contributed by atoms with van der Waals surface area (Å²) in [6.07, 6.45) is 0. The maximum absolute atomic E-state index is 2.30. The molecule has 0 aliphatic rings. The maximum Gasteiger partial charge on any atom is 0.225 e. The van der Waals surface area contributed by atoms with Crippen LogP contribution >= 0.6 is 11.3 Å². The summed E-state index contributed by atoms with van der Waals surface area (Å²) in [6.45, 7) is 5.33. The molecule has 0 N–H and O–H groups in total. The summed E-state index contributed by atoms with van der Waals surface area (Å²) in [6, 6.07) is 10.6. The first kappa shape index (κ1) is 9.41. The number of benzene rings is 1. The smallest absolute Gasteiger partial charge is 0.188 e. The topological polar surface area (TPSA) is 3.88 Å². The van der Waals surface area contributed by atoms with Gasteiger partial charge in [-0.3, -0.25) is 0 Å². The van der Waals surface area contributed by atoms with Crippen molar-refractivity contribution in [2.24, 2.45) is 0 Å². The second-order valence-electron chi connectivity index (χ2n) is 3.48. The Morgan fingerprint density at radius 1 is 1.14 bits per heavy atom. The maximum atomic E-state index is 2.30. The molecule has 1 aromatic carbocycles. The largest absolute Gasteiger partial charge is 0.225 e. The predicted molar refractivity (Wildman–Crippen MR) is 59.5 cm³/mol. The van der Waals surface area contributed by atoms with E-state index >= 15 is 0 Å². The highest BCUT2D eigenvalue weighted by Gasteiger charge is 2.11. The minimum Gasteiger partial charge on any atom is -0.188 e. The lowest BCUT2D eigenvalue weighted by atomic mass is 10.2. The molecule has 2 rings (SSSR count). The summed E-state index contributed by atoms with van der Waals surface area (Å²) >= 11 is 1.81. The number of hydrogen-bond acceptors (Lipinski definition) is 1. The third-order valence-corrected chi connectivity index (χ3v) is 3.50. The zero-order chi connectivity index (χ0) is 9.97. The van der Waals surface area contributed by atoms with Crippen molar-refractivity contribution < 1.29 is 4.57 Å². The average molecular weight is 204 g/mol. The van der Waals surface area contributed by atoms with Crippen LogP contribution in [0.1, 0.15) is 16.1 Å². The van der Waals surface area contributed by atoms with Gasteiger partial charge < -0.3 is 0 Å². The summed E-state index contributed by atoms with van der Waals surface area (Å²) in [4.78, 5) is 1.40. The van der Waals surface area contributed by atoms with Gasteiger partial charge in [0.1, 0.15) is 0 Å². The van der Waals surface area contributed by atoms with E-state index in [0.29, 0.717) is 0 Å². The molecule has 0 atom stereocenters. The standard InChI is InChI=1S/C12H14NS/c1-10-11(2)14-9-13(10)8-12-6-4-3-5-7-12/h3-7,9H,8H2,1-2H3/q+1. The van der Waals surface area contributed by atoms with Crippen molar-refractivity contribution in [1.29, 1.82) is 0 Å². The van der Waals surface area contributed by atoms with Gasteiger partial charge in [-0.05, 0) is 6.92 Å². The molecule has 1 aromatic heterocycles. The summed E-state index contributed by atoms with van der Waals surface area (Å²) < 4.78 is 2.30. The highest BCUT2D eigenvalue weighted by molar-refractivity contribution is 7.09. The van der Waals surface area contributed by atoms with Crippen LogP contribution < -0.4 is 4.57 Å². The summed E-state index contributed by atoms with van der Waals surface area (Å²) in [5.74, 6) is 0. The number of aromatic nitrogens is 1. The Morgan fingerprint density at radius 3 is 2.43 bits per heavy atom. The number of thiazole rings is 1. The first-order valence-electron chi connectivity index (χ1n) is 4.75. The Hall–Kier alpha value is -1.15. The molecule has 0 aliphatic carbocycles. The fraction of sp³-hybridized carbons (Fsp3) is 0.250. The van der Waals surface area contributed by atoms with E-state index in [-0.39, 0.29) is 0 Å². The lowest BCUT2D eigenvalue weighted by molar-refractivity contribution is -0.689. The van der Waals surface area contributed by atoms with Crippen LogP contribution in [0, 0.1) is 13.8 Å². The molecule has 0 aliphatic heterocycles. The fourth-order valence-electron chi connectivity index (χ4n) is 1.45. The number of hydrogen-bond donors (Lipinski definition) is 0. The van der Waals surface area contributed by atoms with Gasteiger partial charge in [0.2, 0.25) is 5.51 Å². The molecule has 0 saturated heterocycles. The van der Waals surface area contributed by atoms with E-state index in [9.17, 15) is 0 Å². The monoisotopic (exact) mass is 204 g/mol. The molecular weight excluding hydrogens is 190 g/mol. The Morgan fingerprint density at radius 2 is 1.86 bits per heavy atom. The van der Waals surface area contributed by atoms with E-state index in [1.807, 2.05) is 11.3 Å². The van der Waals surface area contributed by atoms with E-state index in [0.717, 1.165) is 6.54 Å². The van der Waals surface area contributed by atoms with Crippen LogP contribution in [0.4, 0.5) is 0 Å². The van der Waals surface area contributed by atoms with Crippen LogP contribution in [-0.2, 0) is 6.54 Å². The molecule has 2 aromatic rings. The van der Waals surface area contributed by atoms with Crippen molar-refractivity contribution in [2.45, 2.75) is 20.4 Å². The van der Waals surface area contributed by atoms with Crippen LogP contribution in [0.25, 0.3) is 0 Å².